The zero-order chi connectivity index (χ0) is 37.3. The summed E-state index contributed by atoms with van der Waals surface area (Å²) in [7, 11) is 0. The highest BCUT2D eigenvalue weighted by molar-refractivity contribution is 7.99. The second kappa shape index (κ2) is 15.0. The van der Waals surface area contributed by atoms with Gasteiger partial charge < -0.3 is 9.47 Å². The Morgan fingerprint density at radius 2 is 1.07 bits per heavy atom. The normalized spacial score (nSPS) is 13.0. The first kappa shape index (κ1) is 34.7. The van der Waals surface area contributed by atoms with Gasteiger partial charge in [-0.15, -0.1) is 0 Å². The van der Waals surface area contributed by atoms with Crippen molar-refractivity contribution >= 4 is 45.8 Å². The molecule has 0 bridgehead atoms. The zero-order valence-electron chi connectivity index (χ0n) is 31.7. The molecule has 1 aromatic heterocycles. The first-order valence-corrected chi connectivity index (χ1v) is 20.4. The van der Waals surface area contributed by atoms with Gasteiger partial charge >= 0.3 is 0 Å². The van der Waals surface area contributed by atoms with Crippen molar-refractivity contribution in [3.8, 4) is 39.1 Å². The van der Waals surface area contributed by atoms with Gasteiger partial charge in [-0.2, -0.15) is 0 Å². The van der Waals surface area contributed by atoms with E-state index in [1.807, 2.05) is 25.6 Å². The summed E-state index contributed by atoms with van der Waals surface area (Å²) in [6.45, 7) is 6.17. The van der Waals surface area contributed by atoms with E-state index in [4.69, 9.17) is 0 Å². The quantitative estimate of drug-likeness (QED) is 0.174. The number of anilines is 3. The molecule has 0 N–H and O–H groups in total. The molecule has 2 heterocycles. The molecule has 55 heavy (non-hydrogen) atoms. The maximum atomic E-state index is 2.47. The van der Waals surface area contributed by atoms with Gasteiger partial charge in [-0.25, -0.2) is 0 Å². The minimum Gasteiger partial charge on any atom is -0.313 e. The molecule has 7 aromatic carbocycles. The van der Waals surface area contributed by atoms with Crippen LogP contribution in [0.15, 0.2) is 180 Å². The van der Waals surface area contributed by atoms with E-state index in [2.05, 4.69) is 192 Å². The molecule has 1 aliphatic carbocycles. The van der Waals surface area contributed by atoms with Crippen LogP contribution in [-0.2, 0) is 6.42 Å². The fraction of sp³-hybridized carbons (Fsp3) is 0.115. The van der Waals surface area contributed by atoms with Gasteiger partial charge in [0.05, 0.1) is 16.9 Å². The molecular formula is C52H44N2S. The number of hydrogen-bond donors (Lipinski definition) is 0. The third-order valence-corrected chi connectivity index (χ3v) is 11.8. The Morgan fingerprint density at radius 3 is 1.80 bits per heavy atom. The van der Waals surface area contributed by atoms with E-state index in [0.29, 0.717) is 0 Å². The number of nitrogens with zero attached hydrogens (tertiary/aromatic N) is 2. The van der Waals surface area contributed by atoms with Crippen molar-refractivity contribution in [2.24, 2.45) is 0 Å². The van der Waals surface area contributed by atoms with E-state index >= 15 is 0 Å². The Hall–Kier alpha value is -6.03. The number of aryl methyl sites for hydroxylation is 1. The fourth-order valence-corrected chi connectivity index (χ4v) is 9.30. The van der Waals surface area contributed by atoms with Crippen LogP contribution in [0.2, 0.25) is 0 Å². The highest BCUT2D eigenvalue weighted by atomic mass is 32.2. The number of hydrogen-bond acceptors (Lipinski definition) is 2. The van der Waals surface area contributed by atoms with Crippen LogP contribution in [-0.4, -0.2) is 4.57 Å². The van der Waals surface area contributed by atoms with Gasteiger partial charge in [0.2, 0.25) is 0 Å². The van der Waals surface area contributed by atoms with Crippen LogP contribution in [0, 0.1) is 6.92 Å². The van der Waals surface area contributed by atoms with Crippen LogP contribution in [0.4, 0.5) is 17.1 Å². The average molecular weight is 729 g/mol. The predicted octanol–water partition coefficient (Wildman–Crippen LogP) is 15.3. The molecule has 0 spiro atoms. The second-order valence-corrected chi connectivity index (χ2v) is 15.2. The molecule has 0 saturated carbocycles. The summed E-state index contributed by atoms with van der Waals surface area (Å²) in [6.07, 6.45) is 8.08. The first-order valence-electron chi connectivity index (χ1n) is 19.6. The molecule has 2 aliphatic rings. The number of fused-ring (bicyclic) bond motifs is 5. The Balaban J connectivity index is 0.00000195. The van der Waals surface area contributed by atoms with Crippen LogP contribution in [0.3, 0.4) is 0 Å². The van der Waals surface area contributed by atoms with Gasteiger partial charge in [0.25, 0.3) is 0 Å². The average Bonchev–Trinajstić information content (AvgIpc) is 3.36. The summed E-state index contributed by atoms with van der Waals surface area (Å²) in [5.41, 5.74) is 17.5. The van der Waals surface area contributed by atoms with Crippen molar-refractivity contribution < 1.29 is 0 Å². The molecule has 3 heteroatoms. The van der Waals surface area contributed by atoms with E-state index in [0.717, 1.165) is 18.5 Å². The van der Waals surface area contributed by atoms with Crippen LogP contribution >= 0.6 is 11.8 Å². The van der Waals surface area contributed by atoms with Gasteiger partial charge in [0.1, 0.15) is 0 Å². The lowest BCUT2D eigenvalue weighted by Crippen LogP contribution is -2.15. The van der Waals surface area contributed by atoms with Gasteiger partial charge in [0, 0.05) is 37.8 Å². The SMILES string of the molecule is CC.Cc1ccc2c(c1)Sc1cc(-c3ccccc3)ccc1N2c1ccc(-c2ccc(-c3ccc4c(c3)c3c(n4-c4ccccc4)CCCC=C3)cc2)cc1. The zero-order valence-corrected chi connectivity index (χ0v) is 32.5. The Kier molecular flexibility index (Phi) is 9.47. The maximum Gasteiger partial charge on any atom is 0.0602 e. The summed E-state index contributed by atoms with van der Waals surface area (Å²) in [5, 5.41) is 1.32. The first-order chi connectivity index (χ1) is 27.2. The molecule has 0 fully saturated rings. The van der Waals surface area contributed by atoms with Crippen molar-refractivity contribution in [3.05, 3.63) is 187 Å². The molecule has 8 aromatic rings. The molecule has 0 radical (unpaired) electrons. The van der Waals surface area contributed by atoms with E-state index < -0.39 is 0 Å². The van der Waals surface area contributed by atoms with Crippen LogP contribution in [0.25, 0.3) is 56.0 Å². The van der Waals surface area contributed by atoms with E-state index in [1.54, 1.807) is 0 Å². The third kappa shape index (κ3) is 6.49. The maximum absolute atomic E-state index is 2.47. The smallest absolute Gasteiger partial charge is 0.0602 e. The summed E-state index contributed by atoms with van der Waals surface area (Å²) < 4.78 is 2.47. The Morgan fingerprint density at radius 1 is 0.509 bits per heavy atom. The van der Waals surface area contributed by atoms with Crippen molar-refractivity contribution in [3.63, 3.8) is 0 Å². The van der Waals surface area contributed by atoms with Crippen LogP contribution in [0.5, 0.6) is 0 Å². The Bertz CT molecular complexity index is 2650. The number of para-hydroxylation sites is 1. The molecule has 2 nitrogen and oxygen atoms in total. The molecule has 0 atom stereocenters. The number of benzene rings is 7. The molecule has 10 rings (SSSR count). The fourth-order valence-electron chi connectivity index (χ4n) is 8.10. The van der Waals surface area contributed by atoms with Gasteiger partial charge in [-0.05, 0) is 126 Å². The lowest BCUT2D eigenvalue weighted by molar-refractivity contribution is 0.807. The predicted molar refractivity (Wildman–Crippen MR) is 236 cm³/mol. The third-order valence-electron chi connectivity index (χ3n) is 10.8. The topological polar surface area (TPSA) is 8.17 Å². The van der Waals surface area contributed by atoms with E-state index in [-0.39, 0.29) is 0 Å². The lowest BCUT2D eigenvalue weighted by Gasteiger charge is -2.33. The number of rotatable bonds is 5. The van der Waals surface area contributed by atoms with Crippen molar-refractivity contribution in [1.29, 1.82) is 0 Å². The number of allylic oxidation sites excluding steroid dienone is 1. The van der Waals surface area contributed by atoms with Crippen molar-refractivity contribution in [2.75, 3.05) is 4.90 Å². The van der Waals surface area contributed by atoms with Crippen LogP contribution < -0.4 is 4.90 Å². The standard InChI is InChI=1S/C50H38N2S.C2H6/c1-34-17-28-47-49(31-34)53-50-33-40(35-11-5-2-6-12-35)25-30-48(50)52(47)42-26-22-37(23-27-42)36-18-20-38(21-19-36)39-24-29-46-44(32-39)43-15-9-4-10-16-45(43)51(46)41-13-7-3-8-14-41;1-2/h2-3,5-9,11-15,17-33H,4,10,16H2,1H3;1-2H3. The van der Waals surface area contributed by atoms with E-state index in [1.165, 1.54) is 94.4 Å². The molecular weight excluding hydrogens is 685 g/mol. The summed E-state index contributed by atoms with van der Waals surface area (Å²) in [5.74, 6) is 0. The minimum atomic E-state index is 1.08. The van der Waals surface area contributed by atoms with Gasteiger partial charge in [-0.1, -0.05) is 141 Å². The number of aromatic nitrogens is 1. The van der Waals surface area contributed by atoms with Gasteiger partial charge in [0.15, 0.2) is 0 Å². The summed E-state index contributed by atoms with van der Waals surface area (Å²) in [4.78, 5) is 4.97. The van der Waals surface area contributed by atoms with Crippen molar-refractivity contribution in [1.82, 2.24) is 4.57 Å². The summed E-state index contributed by atoms with van der Waals surface area (Å²) in [6, 6.07) is 60.2. The molecule has 0 saturated heterocycles. The van der Waals surface area contributed by atoms with E-state index in [9.17, 15) is 0 Å². The lowest BCUT2D eigenvalue weighted by atomic mass is 9.98. The highest BCUT2D eigenvalue weighted by Gasteiger charge is 2.26. The highest BCUT2D eigenvalue weighted by Crippen LogP contribution is 2.52. The van der Waals surface area contributed by atoms with Crippen LogP contribution in [0.1, 0.15) is 43.5 Å². The van der Waals surface area contributed by atoms with Gasteiger partial charge in [-0.3, -0.25) is 0 Å². The van der Waals surface area contributed by atoms with Crippen molar-refractivity contribution in [2.45, 2.75) is 49.8 Å². The molecule has 0 unspecified atom stereocenters. The second-order valence-electron chi connectivity index (χ2n) is 14.1. The molecule has 0 amide bonds. The monoisotopic (exact) mass is 728 g/mol. The Labute approximate surface area is 329 Å². The summed E-state index contributed by atoms with van der Waals surface area (Å²) >= 11 is 1.87. The molecule has 268 valence electrons. The minimum absolute atomic E-state index is 1.08. The molecule has 1 aliphatic heterocycles. The largest absolute Gasteiger partial charge is 0.313 e.